The smallest absolute Gasteiger partial charge is 0.321 e. The summed E-state index contributed by atoms with van der Waals surface area (Å²) in [6.07, 6.45) is -0.0348. The number of aryl methyl sites for hydroxylation is 1. The summed E-state index contributed by atoms with van der Waals surface area (Å²) < 4.78 is 5.66. The van der Waals surface area contributed by atoms with Crippen molar-refractivity contribution in [2.45, 2.75) is 33.3 Å². The summed E-state index contributed by atoms with van der Waals surface area (Å²) in [4.78, 5) is 23.7. The van der Waals surface area contributed by atoms with Crippen molar-refractivity contribution < 1.29 is 19.4 Å². The molecule has 0 aromatic heterocycles. The van der Waals surface area contributed by atoms with Gasteiger partial charge in [0.2, 0.25) is 0 Å². The number of nitrogens with zero attached hydrogens (tertiary/aromatic N) is 1. The van der Waals surface area contributed by atoms with Crippen LogP contribution in [0.4, 0.5) is 10.5 Å². The standard InChI is InChI=1S/C15H22N2O4/c1-10(2)21-13-9-12(6-5-11(13)3)16-15(20)17(4)8-7-14(18)19/h5-6,9-10H,7-8H2,1-4H3,(H,16,20)(H,18,19). The van der Waals surface area contributed by atoms with Gasteiger partial charge < -0.3 is 20.1 Å². The monoisotopic (exact) mass is 294 g/mol. The fourth-order valence-electron chi connectivity index (χ4n) is 1.64. The lowest BCUT2D eigenvalue weighted by Crippen LogP contribution is -2.33. The summed E-state index contributed by atoms with van der Waals surface area (Å²) in [5, 5.41) is 11.3. The first-order valence-corrected chi connectivity index (χ1v) is 6.81. The summed E-state index contributed by atoms with van der Waals surface area (Å²) in [5.41, 5.74) is 1.60. The molecule has 0 bridgehead atoms. The second-order valence-electron chi connectivity index (χ2n) is 5.14. The van der Waals surface area contributed by atoms with Gasteiger partial charge in [-0.1, -0.05) is 6.07 Å². The number of anilines is 1. The number of amides is 2. The molecule has 1 rings (SSSR count). The molecule has 0 atom stereocenters. The van der Waals surface area contributed by atoms with Crippen LogP contribution in [-0.2, 0) is 4.79 Å². The van der Waals surface area contributed by atoms with Gasteiger partial charge in [0.15, 0.2) is 0 Å². The topological polar surface area (TPSA) is 78.9 Å². The van der Waals surface area contributed by atoms with E-state index in [1.54, 1.807) is 19.2 Å². The quantitative estimate of drug-likeness (QED) is 0.845. The molecular weight excluding hydrogens is 272 g/mol. The summed E-state index contributed by atoms with van der Waals surface area (Å²) >= 11 is 0. The molecule has 0 saturated heterocycles. The van der Waals surface area contributed by atoms with Crippen molar-refractivity contribution in [1.82, 2.24) is 4.90 Å². The molecule has 1 aromatic carbocycles. The van der Waals surface area contributed by atoms with Crippen molar-refractivity contribution in [3.05, 3.63) is 23.8 Å². The summed E-state index contributed by atoms with van der Waals surface area (Å²) in [6.45, 7) is 5.96. The lowest BCUT2D eigenvalue weighted by molar-refractivity contribution is -0.137. The lowest BCUT2D eigenvalue weighted by Gasteiger charge is -2.18. The molecular formula is C15H22N2O4. The fourth-order valence-corrected chi connectivity index (χ4v) is 1.64. The number of carbonyl (C=O) groups excluding carboxylic acids is 1. The first-order chi connectivity index (χ1) is 9.79. The van der Waals surface area contributed by atoms with Crippen molar-refractivity contribution in [2.75, 3.05) is 18.9 Å². The number of urea groups is 1. The van der Waals surface area contributed by atoms with Crippen LogP contribution >= 0.6 is 0 Å². The van der Waals surface area contributed by atoms with Gasteiger partial charge in [-0.3, -0.25) is 4.79 Å². The Balaban J connectivity index is 2.69. The first-order valence-electron chi connectivity index (χ1n) is 6.81. The molecule has 0 fully saturated rings. The Hall–Kier alpha value is -2.24. The Morgan fingerprint density at radius 2 is 2.05 bits per heavy atom. The number of benzene rings is 1. The molecule has 0 saturated carbocycles. The van der Waals surface area contributed by atoms with Crippen molar-refractivity contribution in [1.29, 1.82) is 0 Å². The van der Waals surface area contributed by atoms with Gasteiger partial charge in [-0.05, 0) is 32.4 Å². The maximum absolute atomic E-state index is 11.9. The highest BCUT2D eigenvalue weighted by atomic mass is 16.5. The van der Waals surface area contributed by atoms with Gasteiger partial charge in [-0.2, -0.15) is 0 Å². The molecule has 6 nitrogen and oxygen atoms in total. The Bertz CT molecular complexity index is 514. The van der Waals surface area contributed by atoms with Crippen LogP contribution in [0.3, 0.4) is 0 Å². The summed E-state index contributed by atoms with van der Waals surface area (Å²) in [6, 6.07) is 5.06. The van der Waals surface area contributed by atoms with Gasteiger partial charge in [-0.25, -0.2) is 4.79 Å². The fraction of sp³-hybridized carbons (Fsp3) is 0.467. The predicted molar refractivity (Wildman–Crippen MR) is 80.8 cm³/mol. The van der Waals surface area contributed by atoms with E-state index < -0.39 is 5.97 Å². The van der Waals surface area contributed by atoms with Crippen LogP contribution in [0, 0.1) is 6.92 Å². The van der Waals surface area contributed by atoms with E-state index >= 15 is 0 Å². The molecule has 1 aromatic rings. The van der Waals surface area contributed by atoms with Crippen LogP contribution in [0.1, 0.15) is 25.8 Å². The normalized spacial score (nSPS) is 10.3. The van der Waals surface area contributed by atoms with Crippen LogP contribution in [0.25, 0.3) is 0 Å². The predicted octanol–water partition coefficient (Wildman–Crippen LogP) is 2.72. The number of carbonyl (C=O) groups is 2. The zero-order valence-corrected chi connectivity index (χ0v) is 12.8. The second kappa shape index (κ2) is 7.52. The number of carboxylic acid groups (broad SMARTS) is 1. The molecule has 0 aliphatic carbocycles. The van der Waals surface area contributed by atoms with E-state index in [-0.39, 0.29) is 25.1 Å². The van der Waals surface area contributed by atoms with Crippen molar-refractivity contribution in [2.24, 2.45) is 0 Å². The van der Waals surface area contributed by atoms with Gasteiger partial charge in [0.05, 0.1) is 12.5 Å². The number of rotatable bonds is 6. The van der Waals surface area contributed by atoms with Crippen molar-refractivity contribution in [3.63, 3.8) is 0 Å². The van der Waals surface area contributed by atoms with Crippen molar-refractivity contribution >= 4 is 17.7 Å². The van der Waals surface area contributed by atoms with Crippen LogP contribution in [0.5, 0.6) is 5.75 Å². The van der Waals surface area contributed by atoms with E-state index in [0.29, 0.717) is 5.69 Å². The molecule has 0 spiro atoms. The lowest BCUT2D eigenvalue weighted by atomic mass is 10.2. The largest absolute Gasteiger partial charge is 0.491 e. The molecule has 2 N–H and O–H groups in total. The summed E-state index contributed by atoms with van der Waals surface area (Å²) in [7, 11) is 1.55. The molecule has 0 aliphatic rings. The zero-order chi connectivity index (χ0) is 16.0. The number of ether oxygens (including phenoxy) is 1. The Morgan fingerprint density at radius 3 is 2.62 bits per heavy atom. The molecule has 116 valence electrons. The van der Waals surface area contributed by atoms with Gasteiger partial charge in [0.1, 0.15) is 5.75 Å². The van der Waals surface area contributed by atoms with E-state index in [2.05, 4.69) is 5.32 Å². The van der Waals surface area contributed by atoms with Crippen molar-refractivity contribution in [3.8, 4) is 5.75 Å². The average molecular weight is 294 g/mol. The highest BCUT2D eigenvalue weighted by Crippen LogP contribution is 2.23. The number of nitrogens with one attached hydrogen (secondary N) is 1. The van der Waals surface area contributed by atoms with Crippen LogP contribution in [0.2, 0.25) is 0 Å². The highest BCUT2D eigenvalue weighted by Gasteiger charge is 2.11. The van der Waals surface area contributed by atoms with Gasteiger partial charge in [-0.15, -0.1) is 0 Å². The molecule has 0 aliphatic heterocycles. The highest BCUT2D eigenvalue weighted by molar-refractivity contribution is 5.89. The van der Waals surface area contributed by atoms with Gasteiger partial charge in [0.25, 0.3) is 0 Å². The van der Waals surface area contributed by atoms with E-state index in [1.807, 2.05) is 26.8 Å². The maximum Gasteiger partial charge on any atom is 0.321 e. The minimum atomic E-state index is -0.933. The molecule has 2 amide bonds. The van der Waals surface area contributed by atoms with Crippen LogP contribution < -0.4 is 10.1 Å². The zero-order valence-electron chi connectivity index (χ0n) is 12.8. The Kier molecular flexibility index (Phi) is 6.02. The minimum Gasteiger partial charge on any atom is -0.491 e. The third kappa shape index (κ3) is 5.72. The Morgan fingerprint density at radius 1 is 1.38 bits per heavy atom. The molecule has 0 radical (unpaired) electrons. The second-order valence-corrected chi connectivity index (χ2v) is 5.14. The Labute approximate surface area is 124 Å². The van der Waals surface area contributed by atoms with Gasteiger partial charge >= 0.3 is 12.0 Å². The summed E-state index contributed by atoms with van der Waals surface area (Å²) in [5.74, 6) is -0.214. The van der Waals surface area contributed by atoms with E-state index in [4.69, 9.17) is 9.84 Å². The SMILES string of the molecule is Cc1ccc(NC(=O)N(C)CCC(=O)O)cc1OC(C)C. The average Bonchev–Trinajstić information content (AvgIpc) is 2.39. The number of hydrogen-bond acceptors (Lipinski definition) is 3. The molecule has 21 heavy (non-hydrogen) atoms. The van der Waals surface area contributed by atoms with Gasteiger partial charge in [0, 0.05) is 25.3 Å². The third-order valence-corrected chi connectivity index (χ3v) is 2.81. The van der Waals surface area contributed by atoms with Crippen LogP contribution in [-0.4, -0.2) is 41.7 Å². The molecule has 0 unspecified atom stereocenters. The van der Waals surface area contributed by atoms with E-state index in [0.717, 1.165) is 11.3 Å². The molecule has 6 heteroatoms. The van der Waals surface area contributed by atoms with E-state index in [1.165, 1.54) is 4.90 Å². The van der Waals surface area contributed by atoms with Crippen LogP contribution in [0.15, 0.2) is 18.2 Å². The minimum absolute atomic E-state index is 0.0490. The maximum atomic E-state index is 11.9. The molecule has 0 heterocycles. The number of carboxylic acids is 1. The van der Waals surface area contributed by atoms with E-state index in [9.17, 15) is 9.59 Å². The third-order valence-electron chi connectivity index (χ3n) is 2.81. The first kappa shape index (κ1) is 16.8. The number of aliphatic carboxylic acids is 1. The number of hydrogen-bond donors (Lipinski definition) is 2.